The maximum Gasteiger partial charge on any atom is 0.586 e. The van der Waals surface area contributed by atoms with Gasteiger partial charge in [-0.3, -0.25) is 9.59 Å². The van der Waals surface area contributed by atoms with Gasteiger partial charge in [-0.05, 0) is 37.1 Å². The summed E-state index contributed by atoms with van der Waals surface area (Å²) in [4.78, 5) is 26.5. The van der Waals surface area contributed by atoms with Crippen LogP contribution < -0.4 is 14.8 Å². The Kier molecular flexibility index (Phi) is 4.21. The number of hydrogen-bond acceptors (Lipinski definition) is 5. The molecule has 1 unspecified atom stereocenters. The van der Waals surface area contributed by atoms with Crippen LogP contribution in [0, 0.1) is 5.92 Å². The number of benzene rings is 1. The fourth-order valence-electron chi connectivity index (χ4n) is 3.20. The summed E-state index contributed by atoms with van der Waals surface area (Å²) in [6, 6.07) is 7.25. The number of halogens is 2. The summed E-state index contributed by atoms with van der Waals surface area (Å²) in [5.41, 5.74) is 0.314. The molecule has 1 aromatic heterocycles. The number of nitrogens with one attached hydrogen (secondary N) is 1. The number of rotatable bonds is 3. The minimum Gasteiger partial charge on any atom is -0.459 e. The standard InChI is InChI=1S/C18H16F2N2O5/c19-18(20)26-13-6-5-12(9-15(13)27-18)21-16(23)11-3-1-7-22(10-11)17(24)14-4-2-8-25-14/h2,4-6,8-9,11H,1,3,7,10H2,(H,21,23). The van der Waals surface area contributed by atoms with Crippen molar-refractivity contribution in [2.45, 2.75) is 19.1 Å². The van der Waals surface area contributed by atoms with E-state index in [0.29, 0.717) is 25.1 Å². The van der Waals surface area contributed by atoms with Crippen LogP contribution in [0.1, 0.15) is 23.4 Å². The highest BCUT2D eigenvalue weighted by atomic mass is 19.3. The maximum absolute atomic E-state index is 13.1. The number of hydrogen-bond donors (Lipinski definition) is 1. The SMILES string of the molecule is O=C(Nc1ccc2c(c1)OC(F)(F)O2)C1CCCN(C(=O)c2ccco2)C1. The van der Waals surface area contributed by atoms with Crippen molar-refractivity contribution in [1.29, 1.82) is 0 Å². The molecule has 1 fully saturated rings. The van der Waals surface area contributed by atoms with Crippen LogP contribution in [0.15, 0.2) is 41.0 Å². The number of carbonyl (C=O) groups is 2. The van der Waals surface area contributed by atoms with Gasteiger partial charge in [0.1, 0.15) is 0 Å². The molecule has 2 aromatic rings. The molecule has 0 radical (unpaired) electrons. The molecule has 1 saturated heterocycles. The monoisotopic (exact) mass is 378 g/mol. The van der Waals surface area contributed by atoms with Crippen LogP contribution in [0.2, 0.25) is 0 Å². The molecule has 4 rings (SSSR count). The number of nitrogens with zero attached hydrogens (tertiary/aromatic N) is 1. The second kappa shape index (κ2) is 6.57. The normalized spacial score (nSPS) is 20.4. The van der Waals surface area contributed by atoms with E-state index in [2.05, 4.69) is 14.8 Å². The molecular formula is C18H16F2N2O5. The largest absolute Gasteiger partial charge is 0.586 e. The summed E-state index contributed by atoms with van der Waals surface area (Å²) in [5.74, 6) is -0.973. The fourth-order valence-corrected chi connectivity index (χ4v) is 3.20. The minimum absolute atomic E-state index is 0.0918. The summed E-state index contributed by atoms with van der Waals surface area (Å²) in [5, 5.41) is 2.68. The van der Waals surface area contributed by atoms with Crippen LogP contribution in [-0.2, 0) is 4.79 Å². The van der Waals surface area contributed by atoms with Crippen molar-refractivity contribution in [3.8, 4) is 11.5 Å². The van der Waals surface area contributed by atoms with Crippen LogP contribution in [0.4, 0.5) is 14.5 Å². The molecule has 0 saturated carbocycles. The van der Waals surface area contributed by atoms with Gasteiger partial charge < -0.3 is 24.1 Å². The van der Waals surface area contributed by atoms with Crippen LogP contribution in [-0.4, -0.2) is 36.1 Å². The Balaban J connectivity index is 1.41. The first kappa shape index (κ1) is 17.3. The Labute approximate surface area is 152 Å². The lowest BCUT2D eigenvalue weighted by molar-refractivity contribution is -0.286. The molecule has 0 aliphatic carbocycles. The molecule has 1 atom stereocenters. The first-order valence-corrected chi connectivity index (χ1v) is 8.45. The number of alkyl halides is 2. The smallest absolute Gasteiger partial charge is 0.459 e. The van der Waals surface area contributed by atoms with Crippen molar-refractivity contribution in [2.75, 3.05) is 18.4 Å². The first-order valence-electron chi connectivity index (χ1n) is 8.45. The van der Waals surface area contributed by atoms with Gasteiger partial charge in [-0.1, -0.05) is 0 Å². The Morgan fingerprint density at radius 1 is 1.19 bits per heavy atom. The maximum atomic E-state index is 13.1. The number of furan rings is 1. The van der Waals surface area contributed by atoms with Crippen molar-refractivity contribution in [1.82, 2.24) is 4.90 Å². The fraction of sp³-hybridized carbons (Fsp3) is 0.333. The van der Waals surface area contributed by atoms with E-state index in [1.165, 1.54) is 24.5 Å². The lowest BCUT2D eigenvalue weighted by Crippen LogP contribution is -2.43. The zero-order valence-corrected chi connectivity index (χ0v) is 14.1. The van der Waals surface area contributed by atoms with Crippen LogP contribution in [0.3, 0.4) is 0 Å². The van der Waals surface area contributed by atoms with Gasteiger partial charge in [0.25, 0.3) is 5.91 Å². The second-order valence-corrected chi connectivity index (χ2v) is 6.39. The van der Waals surface area contributed by atoms with Gasteiger partial charge in [-0.2, -0.15) is 0 Å². The Morgan fingerprint density at radius 2 is 2.00 bits per heavy atom. The molecule has 2 amide bonds. The van der Waals surface area contributed by atoms with E-state index in [1.54, 1.807) is 17.0 Å². The molecule has 1 N–H and O–H groups in total. The van der Waals surface area contributed by atoms with Crippen molar-refractivity contribution >= 4 is 17.5 Å². The van der Waals surface area contributed by atoms with E-state index in [0.717, 1.165) is 0 Å². The average molecular weight is 378 g/mol. The average Bonchev–Trinajstić information content (AvgIpc) is 3.27. The van der Waals surface area contributed by atoms with Crippen molar-refractivity contribution < 1.29 is 32.3 Å². The van der Waals surface area contributed by atoms with Crippen molar-refractivity contribution in [3.05, 3.63) is 42.4 Å². The van der Waals surface area contributed by atoms with Gasteiger partial charge in [0.2, 0.25) is 5.91 Å². The first-order chi connectivity index (χ1) is 12.9. The lowest BCUT2D eigenvalue weighted by Gasteiger charge is -2.31. The number of piperidine rings is 1. The summed E-state index contributed by atoms with van der Waals surface area (Å²) >= 11 is 0. The highest BCUT2D eigenvalue weighted by Crippen LogP contribution is 2.42. The summed E-state index contributed by atoms with van der Waals surface area (Å²) in [7, 11) is 0. The molecule has 0 spiro atoms. The van der Waals surface area contributed by atoms with Crippen molar-refractivity contribution in [3.63, 3.8) is 0 Å². The lowest BCUT2D eigenvalue weighted by atomic mass is 9.96. The highest BCUT2D eigenvalue weighted by molar-refractivity contribution is 5.95. The summed E-state index contributed by atoms with van der Waals surface area (Å²) < 4.78 is 40.0. The van der Waals surface area contributed by atoms with E-state index in [4.69, 9.17) is 4.42 Å². The predicted molar refractivity (Wildman–Crippen MR) is 88.6 cm³/mol. The van der Waals surface area contributed by atoms with Gasteiger partial charge >= 0.3 is 6.29 Å². The van der Waals surface area contributed by atoms with E-state index in [1.807, 2.05) is 0 Å². The molecule has 1 aromatic carbocycles. The quantitative estimate of drug-likeness (QED) is 0.888. The number of ether oxygens (including phenoxy) is 2. The number of anilines is 1. The van der Waals surface area contributed by atoms with Gasteiger partial charge in [-0.15, -0.1) is 8.78 Å². The van der Waals surface area contributed by atoms with Crippen LogP contribution in [0.5, 0.6) is 11.5 Å². The molecule has 2 aliphatic rings. The van der Waals surface area contributed by atoms with E-state index in [9.17, 15) is 18.4 Å². The van der Waals surface area contributed by atoms with E-state index >= 15 is 0 Å². The number of amides is 2. The zero-order valence-electron chi connectivity index (χ0n) is 14.1. The van der Waals surface area contributed by atoms with Crippen LogP contribution in [0.25, 0.3) is 0 Å². The Hall–Kier alpha value is -3.10. The van der Waals surface area contributed by atoms with Gasteiger partial charge in [0.15, 0.2) is 17.3 Å². The third-order valence-electron chi connectivity index (χ3n) is 4.48. The third kappa shape index (κ3) is 3.57. The van der Waals surface area contributed by atoms with Crippen molar-refractivity contribution in [2.24, 2.45) is 5.92 Å². The molecule has 3 heterocycles. The molecule has 7 nitrogen and oxygen atoms in total. The number of likely N-dealkylation sites (tertiary alicyclic amines) is 1. The molecular weight excluding hydrogens is 362 g/mol. The van der Waals surface area contributed by atoms with E-state index < -0.39 is 12.2 Å². The van der Waals surface area contributed by atoms with Gasteiger partial charge in [0.05, 0.1) is 12.2 Å². The molecule has 9 heteroatoms. The second-order valence-electron chi connectivity index (χ2n) is 6.39. The van der Waals surface area contributed by atoms with Crippen LogP contribution >= 0.6 is 0 Å². The minimum atomic E-state index is -3.71. The summed E-state index contributed by atoms with van der Waals surface area (Å²) in [6.45, 7) is 0.802. The predicted octanol–water partition coefficient (Wildman–Crippen LogP) is 3.09. The van der Waals surface area contributed by atoms with Gasteiger partial charge in [0, 0.05) is 24.8 Å². The number of fused-ring (bicyclic) bond motifs is 1. The molecule has 142 valence electrons. The topological polar surface area (TPSA) is 81.0 Å². The summed E-state index contributed by atoms with van der Waals surface area (Å²) in [6.07, 6.45) is -0.986. The molecule has 0 bridgehead atoms. The van der Waals surface area contributed by atoms with Gasteiger partial charge in [-0.25, -0.2) is 0 Å². The zero-order chi connectivity index (χ0) is 19.0. The highest BCUT2D eigenvalue weighted by Gasteiger charge is 2.43. The molecule has 2 aliphatic heterocycles. The number of carbonyl (C=O) groups excluding carboxylic acids is 2. The third-order valence-corrected chi connectivity index (χ3v) is 4.48. The molecule has 27 heavy (non-hydrogen) atoms. The Bertz CT molecular complexity index is 869. The van der Waals surface area contributed by atoms with E-state index in [-0.39, 0.29) is 35.6 Å². The Morgan fingerprint density at radius 3 is 2.78 bits per heavy atom.